The molecule has 3 aromatic carbocycles. The van der Waals surface area contributed by atoms with E-state index in [4.69, 9.17) is 15.2 Å². The van der Waals surface area contributed by atoms with Crippen LogP contribution in [0.5, 0.6) is 5.75 Å². The molecule has 0 radical (unpaired) electrons. The summed E-state index contributed by atoms with van der Waals surface area (Å²) in [6, 6.07) is 27.4. The molecule has 0 bridgehead atoms. The Morgan fingerprint density at radius 1 is 0.881 bits per heavy atom. The smallest absolute Gasteiger partial charge is 0.336 e. The first-order valence-electron chi connectivity index (χ1n) is 14.5. The summed E-state index contributed by atoms with van der Waals surface area (Å²) < 4.78 is 12.3. The minimum Gasteiger partial charge on any atom is -0.489 e. The number of hydrogen-bond donors (Lipinski definition) is 2. The lowest BCUT2D eigenvalue weighted by atomic mass is 9.79. The molecule has 220 valence electrons. The van der Waals surface area contributed by atoms with Crippen LogP contribution in [0.15, 0.2) is 107 Å². The highest BCUT2D eigenvalue weighted by Crippen LogP contribution is 2.45. The zero-order valence-corrected chi connectivity index (χ0v) is 24.9. The predicted molar refractivity (Wildman–Crippen MR) is 166 cm³/mol. The van der Waals surface area contributed by atoms with Crippen LogP contribution >= 0.6 is 0 Å². The third-order valence-corrected chi connectivity index (χ3v) is 7.72. The van der Waals surface area contributed by atoms with E-state index in [1.807, 2.05) is 98.6 Å². The fraction of sp³-hybridized carbons (Fsp3) is 0.314. The highest BCUT2D eigenvalue weighted by atomic mass is 16.5. The highest BCUT2D eigenvalue weighted by Gasteiger charge is 2.40. The Kier molecular flexibility index (Phi) is 10.6. The van der Waals surface area contributed by atoms with Crippen molar-refractivity contribution in [1.29, 1.82) is 0 Å². The van der Waals surface area contributed by atoms with E-state index in [1.54, 1.807) is 0 Å². The Balaban J connectivity index is 1.71. The van der Waals surface area contributed by atoms with E-state index < -0.39 is 17.8 Å². The number of benzene rings is 3. The van der Waals surface area contributed by atoms with Gasteiger partial charge in [0.05, 0.1) is 11.5 Å². The molecular weight excluding hydrogens is 526 g/mol. The zero-order valence-electron chi connectivity index (χ0n) is 24.9. The quantitative estimate of drug-likeness (QED) is 0.266. The number of carbonyl (C=O) groups excluding carboxylic acids is 2. The lowest BCUT2D eigenvalue weighted by molar-refractivity contribution is -0.140. The number of allylic oxidation sites excluding steroid dienone is 2. The van der Waals surface area contributed by atoms with Gasteiger partial charge in [0, 0.05) is 35.1 Å². The zero-order chi connectivity index (χ0) is 30.1. The minimum atomic E-state index is -0.739. The van der Waals surface area contributed by atoms with Crippen LogP contribution in [0.25, 0.3) is 0 Å². The van der Waals surface area contributed by atoms with Gasteiger partial charge in [0.2, 0.25) is 5.91 Å². The molecule has 2 atom stereocenters. The predicted octanol–water partition coefficient (Wildman–Crippen LogP) is 5.48. The molecule has 2 unspecified atom stereocenters. The number of carbonyl (C=O) groups is 2. The fourth-order valence-electron chi connectivity index (χ4n) is 5.54. The first-order chi connectivity index (χ1) is 20.3. The molecule has 7 heteroatoms. The van der Waals surface area contributed by atoms with Gasteiger partial charge in [-0.15, -0.1) is 0 Å². The Morgan fingerprint density at radius 3 is 2.10 bits per heavy atom. The minimum absolute atomic E-state index is 0.0829. The molecular formula is C35H41N3O4. The molecule has 0 fully saturated rings. The normalized spacial score (nSPS) is 15.9. The number of para-hydroxylation sites is 1. The number of amides is 1. The van der Waals surface area contributed by atoms with Crippen molar-refractivity contribution in [3.63, 3.8) is 0 Å². The van der Waals surface area contributed by atoms with Crippen LogP contribution in [-0.4, -0.2) is 43.0 Å². The first kappa shape index (κ1) is 30.6. The molecule has 7 nitrogen and oxygen atoms in total. The molecule has 42 heavy (non-hydrogen) atoms. The van der Waals surface area contributed by atoms with Crippen LogP contribution < -0.4 is 15.8 Å². The van der Waals surface area contributed by atoms with Gasteiger partial charge in [-0.25, -0.2) is 4.79 Å². The third kappa shape index (κ3) is 7.09. The molecule has 0 aromatic heterocycles. The van der Waals surface area contributed by atoms with Crippen LogP contribution in [0, 0.1) is 0 Å². The van der Waals surface area contributed by atoms with Gasteiger partial charge in [0.15, 0.2) is 0 Å². The van der Waals surface area contributed by atoms with Gasteiger partial charge in [-0.1, -0.05) is 85.8 Å². The fourth-order valence-corrected chi connectivity index (χ4v) is 5.54. The number of hydrogen-bond acceptors (Lipinski definition) is 6. The summed E-state index contributed by atoms with van der Waals surface area (Å²) >= 11 is 0. The van der Waals surface area contributed by atoms with Crippen LogP contribution in [0.1, 0.15) is 49.8 Å². The van der Waals surface area contributed by atoms with Gasteiger partial charge in [0.25, 0.3) is 0 Å². The van der Waals surface area contributed by atoms with Crippen LogP contribution in [-0.2, 0) is 27.4 Å². The molecule has 0 saturated heterocycles. The SMILES string of the molecule is CCCN1C(C)=C(C(N)=O)C(c2ccccc2OCc2ccccc2)C(C(=O)OCC(Cc2ccccc2)NC)=C1C. The maximum absolute atomic E-state index is 14.0. The van der Waals surface area contributed by atoms with Gasteiger partial charge in [-0.05, 0) is 50.9 Å². The summed E-state index contributed by atoms with van der Waals surface area (Å²) in [5.74, 6) is -1.21. The van der Waals surface area contributed by atoms with Gasteiger partial charge >= 0.3 is 5.97 Å². The second-order valence-electron chi connectivity index (χ2n) is 10.5. The monoisotopic (exact) mass is 567 g/mol. The van der Waals surface area contributed by atoms with Crippen LogP contribution in [0.2, 0.25) is 0 Å². The van der Waals surface area contributed by atoms with E-state index in [9.17, 15) is 9.59 Å². The van der Waals surface area contributed by atoms with Crippen molar-refractivity contribution >= 4 is 11.9 Å². The number of likely N-dealkylation sites (N-methyl/N-ethyl adjacent to an activating group) is 1. The molecule has 3 N–H and O–H groups in total. The Labute approximate surface area is 249 Å². The van der Waals surface area contributed by atoms with E-state index >= 15 is 0 Å². The molecule has 1 aliphatic heterocycles. The summed E-state index contributed by atoms with van der Waals surface area (Å²) in [6.45, 7) is 7.00. The van der Waals surface area contributed by atoms with Crippen molar-refractivity contribution in [3.8, 4) is 5.75 Å². The Bertz CT molecular complexity index is 1430. The number of rotatable bonds is 13. The van der Waals surface area contributed by atoms with E-state index in [1.165, 1.54) is 0 Å². The number of nitrogens with two attached hydrogens (primary N) is 1. The summed E-state index contributed by atoms with van der Waals surface area (Å²) in [5, 5.41) is 3.26. The van der Waals surface area contributed by atoms with Crippen molar-refractivity contribution in [1.82, 2.24) is 10.2 Å². The second kappa shape index (κ2) is 14.5. The van der Waals surface area contributed by atoms with Gasteiger partial charge in [-0.3, -0.25) is 4.79 Å². The number of nitrogens with one attached hydrogen (secondary N) is 1. The molecule has 1 aliphatic rings. The molecule has 0 spiro atoms. The lowest BCUT2D eigenvalue weighted by Crippen LogP contribution is -2.38. The Hall–Kier alpha value is -4.36. The largest absolute Gasteiger partial charge is 0.489 e. The van der Waals surface area contributed by atoms with Gasteiger partial charge < -0.3 is 25.4 Å². The van der Waals surface area contributed by atoms with Gasteiger partial charge in [-0.2, -0.15) is 0 Å². The van der Waals surface area contributed by atoms with Crippen molar-refractivity contribution in [2.45, 2.75) is 52.2 Å². The molecule has 0 aliphatic carbocycles. The van der Waals surface area contributed by atoms with E-state index in [-0.39, 0.29) is 12.6 Å². The van der Waals surface area contributed by atoms with E-state index in [0.29, 0.717) is 42.0 Å². The average molecular weight is 568 g/mol. The average Bonchev–Trinajstić information content (AvgIpc) is 3.00. The summed E-state index contributed by atoms with van der Waals surface area (Å²) in [6.07, 6.45) is 1.53. The van der Waals surface area contributed by atoms with Crippen LogP contribution in [0.3, 0.4) is 0 Å². The number of nitrogens with zero attached hydrogens (tertiary/aromatic N) is 1. The molecule has 1 amide bonds. The molecule has 1 heterocycles. The first-order valence-corrected chi connectivity index (χ1v) is 14.5. The van der Waals surface area contributed by atoms with Crippen LogP contribution in [0.4, 0.5) is 0 Å². The van der Waals surface area contributed by atoms with Gasteiger partial charge in [0.1, 0.15) is 19.0 Å². The number of ether oxygens (including phenoxy) is 2. The third-order valence-electron chi connectivity index (χ3n) is 7.72. The Morgan fingerprint density at radius 2 is 1.48 bits per heavy atom. The van der Waals surface area contributed by atoms with Crippen molar-refractivity contribution < 1.29 is 19.1 Å². The van der Waals surface area contributed by atoms with E-state index in [2.05, 4.69) is 24.4 Å². The molecule has 3 aromatic rings. The number of esters is 1. The highest BCUT2D eigenvalue weighted by molar-refractivity contribution is 6.01. The lowest BCUT2D eigenvalue weighted by Gasteiger charge is -2.38. The maximum Gasteiger partial charge on any atom is 0.336 e. The summed E-state index contributed by atoms with van der Waals surface area (Å²) in [4.78, 5) is 29.1. The van der Waals surface area contributed by atoms with Crippen molar-refractivity contribution in [2.75, 3.05) is 20.2 Å². The molecule has 0 saturated carbocycles. The number of primary amides is 1. The molecule has 4 rings (SSSR count). The van der Waals surface area contributed by atoms with Crippen molar-refractivity contribution in [3.05, 3.63) is 124 Å². The second-order valence-corrected chi connectivity index (χ2v) is 10.5. The summed E-state index contributed by atoms with van der Waals surface area (Å²) in [7, 11) is 1.86. The van der Waals surface area contributed by atoms with Crippen molar-refractivity contribution in [2.24, 2.45) is 5.73 Å². The summed E-state index contributed by atoms with van der Waals surface area (Å²) in [5.41, 5.74) is 11.1. The van der Waals surface area contributed by atoms with E-state index in [0.717, 1.165) is 28.9 Å². The maximum atomic E-state index is 14.0. The standard InChI is InChI=1S/C35H41N3O4/c1-5-20-38-24(2)31(34(36)39)33(29-18-12-13-19-30(29)41-22-27-16-10-7-11-17-27)32(25(38)3)35(40)42-23-28(37-4)21-26-14-8-6-9-15-26/h6-19,28,33,37H,5,20-23H2,1-4H3,(H2,36,39). The topological polar surface area (TPSA) is 93.9 Å².